The van der Waals surface area contributed by atoms with Gasteiger partial charge in [-0.3, -0.25) is 9.88 Å². The number of rotatable bonds is 5. The van der Waals surface area contributed by atoms with E-state index < -0.39 is 5.60 Å². The van der Waals surface area contributed by atoms with Gasteiger partial charge in [-0.25, -0.2) is 0 Å². The summed E-state index contributed by atoms with van der Waals surface area (Å²) >= 11 is 0. The van der Waals surface area contributed by atoms with Crippen LogP contribution in [-0.2, 0) is 6.54 Å². The summed E-state index contributed by atoms with van der Waals surface area (Å²) in [4.78, 5) is 6.56. The number of aromatic nitrogens is 1. The van der Waals surface area contributed by atoms with Gasteiger partial charge in [0.15, 0.2) is 11.5 Å². The zero-order valence-corrected chi connectivity index (χ0v) is 11.4. The van der Waals surface area contributed by atoms with Crippen molar-refractivity contribution in [2.24, 2.45) is 5.92 Å². The Morgan fingerprint density at radius 3 is 2.68 bits per heavy atom. The lowest BCUT2D eigenvalue weighted by molar-refractivity contribution is -0.117. The second-order valence-electron chi connectivity index (χ2n) is 5.52. The third-order valence-electron chi connectivity index (χ3n) is 4.07. The van der Waals surface area contributed by atoms with E-state index in [-0.39, 0.29) is 0 Å². The van der Waals surface area contributed by atoms with Crippen molar-refractivity contribution in [1.29, 1.82) is 0 Å². The van der Waals surface area contributed by atoms with Crippen molar-refractivity contribution < 1.29 is 14.6 Å². The van der Waals surface area contributed by atoms with Crippen molar-refractivity contribution in [2.75, 3.05) is 27.3 Å². The van der Waals surface area contributed by atoms with Gasteiger partial charge in [0.2, 0.25) is 0 Å². The Morgan fingerprint density at radius 1 is 1.37 bits per heavy atom. The fourth-order valence-corrected chi connectivity index (χ4v) is 2.89. The number of β-amino-alcohol motifs (C(OH)–C–C–N with tert-alkyl or cyclic N) is 1. The lowest BCUT2D eigenvalue weighted by atomic mass is 9.88. The van der Waals surface area contributed by atoms with E-state index in [1.165, 1.54) is 12.8 Å². The summed E-state index contributed by atoms with van der Waals surface area (Å²) < 4.78 is 10.6. The molecule has 1 aliphatic heterocycles. The van der Waals surface area contributed by atoms with Crippen molar-refractivity contribution in [3.63, 3.8) is 0 Å². The molecular weight excluding hydrogens is 244 g/mol. The Morgan fingerprint density at radius 2 is 2.11 bits per heavy atom. The molecular formula is C14H20N2O3. The van der Waals surface area contributed by atoms with E-state index in [1.807, 2.05) is 0 Å². The van der Waals surface area contributed by atoms with E-state index in [4.69, 9.17) is 9.47 Å². The Kier molecular flexibility index (Phi) is 3.11. The summed E-state index contributed by atoms with van der Waals surface area (Å²) in [6.07, 6.45) is 4.07. The van der Waals surface area contributed by atoms with Crippen LogP contribution in [0.1, 0.15) is 18.5 Å². The SMILES string of the molecule is COc1ccnc(CN2CC(O)(C3CC3)C2)c1OC. The highest BCUT2D eigenvalue weighted by atomic mass is 16.5. The molecule has 0 amide bonds. The van der Waals surface area contributed by atoms with Gasteiger partial charge in [-0.05, 0) is 18.8 Å². The first-order valence-corrected chi connectivity index (χ1v) is 6.67. The zero-order chi connectivity index (χ0) is 13.5. The van der Waals surface area contributed by atoms with Gasteiger partial charge < -0.3 is 14.6 Å². The third-order valence-corrected chi connectivity index (χ3v) is 4.07. The average Bonchev–Trinajstić information content (AvgIpc) is 3.20. The van der Waals surface area contributed by atoms with Gasteiger partial charge in [-0.1, -0.05) is 0 Å². The molecule has 1 saturated heterocycles. The van der Waals surface area contributed by atoms with E-state index in [0.717, 1.165) is 18.8 Å². The molecule has 1 aromatic rings. The lowest BCUT2D eigenvalue weighted by Gasteiger charge is -2.47. The van der Waals surface area contributed by atoms with Gasteiger partial charge in [-0.2, -0.15) is 0 Å². The van der Waals surface area contributed by atoms with E-state index >= 15 is 0 Å². The number of pyridine rings is 1. The molecule has 3 rings (SSSR count). The first kappa shape index (κ1) is 12.7. The van der Waals surface area contributed by atoms with Crippen LogP contribution in [0.3, 0.4) is 0 Å². The molecule has 5 heteroatoms. The molecule has 0 unspecified atom stereocenters. The number of nitrogens with zero attached hydrogens (tertiary/aromatic N) is 2. The van der Waals surface area contributed by atoms with Crippen LogP contribution in [0.5, 0.6) is 11.5 Å². The second kappa shape index (κ2) is 4.65. The molecule has 1 saturated carbocycles. The van der Waals surface area contributed by atoms with Crippen LogP contribution in [0.25, 0.3) is 0 Å². The second-order valence-corrected chi connectivity index (χ2v) is 5.52. The van der Waals surface area contributed by atoms with Gasteiger partial charge in [-0.15, -0.1) is 0 Å². The topological polar surface area (TPSA) is 54.8 Å². The van der Waals surface area contributed by atoms with Crippen LogP contribution in [-0.4, -0.2) is 47.9 Å². The highest BCUT2D eigenvalue weighted by molar-refractivity contribution is 5.42. The summed E-state index contributed by atoms with van der Waals surface area (Å²) in [5.74, 6) is 1.90. The largest absolute Gasteiger partial charge is 0.493 e. The minimum atomic E-state index is -0.452. The molecule has 2 aliphatic rings. The van der Waals surface area contributed by atoms with E-state index in [2.05, 4.69) is 9.88 Å². The number of aliphatic hydroxyl groups is 1. The molecule has 19 heavy (non-hydrogen) atoms. The number of hydrogen-bond acceptors (Lipinski definition) is 5. The Balaban J connectivity index is 1.67. The quantitative estimate of drug-likeness (QED) is 0.861. The normalized spacial score (nSPS) is 21.8. The smallest absolute Gasteiger partial charge is 0.183 e. The Hall–Kier alpha value is -1.33. The number of hydrogen-bond donors (Lipinski definition) is 1. The van der Waals surface area contributed by atoms with Gasteiger partial charge in [0, 0.05) is 31.9 Å². The standard InChI is InChI=1S/C14H20N2O3/c1-18-12-5-6-15-11(13(12)19-2)7-16-8-14(17,9-16)10-3-4-10/h5-6,10,17H,3-4,7-9H2,1-2H3. The van der Waals surface area contributed by atoms with Gasteiger partial charge in [0.1, 0.15) is 5.69 Å². The highest BCUT2D eigenvalue weighted by Crippen LogP contribution is 2.45. The maximum absolute atomic E-state index is 10.3. The first-order valence-electron chi connectivity index (χ1n) is 6.67. The molecule has 1 aromatic heterocycles. The van der Waals surface area contributed by atoms with Crippen LogP contribution in [0.4, 0.5) is 0 Å². The molecule has 2 fully saturated rings. The maximum atomic E-state index is 10.3. The fraction of sp³-hybridized carbons (Fsp3) is 0.643. The molecule has 1 N–H and O–H groups in total. The molecule has 0 atom stereocenters. The summed E-state index contributed by atoms with van der Waals surface area (Å²) in [6.45, 7) is 2.16. The van der Waals surface area contributed by atoms with Crippen LogP contribution in [0.2, 0.25) is 0 Å². The monoisotopic (exact) mass is 264 g/mol. The van der Waals surface area contributed by atoms with Crippen molar-refractivity contribution in [1.82, 2.24) is 9.88 Å². The Bertz CT molecular complexity index is 468. The zero-order valence-electron chi connectivity index (χ0n) is 11.4. The van der Waals surface area contributed by atoms with Gasteiger partial charge in [0.05, 0.1) is 19.8 Å². The van der Waals surface area contributed by atoms with Crippen molar-refractivity contribution >= 4 is 0 Å². The maximum Gasteiger partial charge on any atom is 0.183 e. The first-order chi connectivity index (χ1) is 9.16. The minimum Gasteiger partial charge on any atom is -0.493 e. The van der Waals surface area contributed by atoms with Crippen molar-refractivity contribution in [3.8, 4) is 11.5 Å². The lowest BCUT2D eigenvalue weighted by Crippen LogP contribution is -2.62. The predicted molar refractivity (Wildman–Crippen MR) is 70.3 cm³/mol. The molecule has 5 nitrogen and oxygen atoms in total. The van der Waals surface area contributed by atoms with Crippen LogP contribution >= 0.6 is 0 Å². The summed E-state index contributed by atoms with van der Waals surface area (Å²) in [6, 6.07) is 1.79. The van der Waals surface area contributed by atoms with E-state index in [1.54, 1.807) is 26.5 Å². The third kappa shape index (κ3) is 2.28. The number of methoxy groups -OCH3 is 2. The molecule has 104 valence electrons. The van der Waals surface area contributed by atoms with E-state index in [9.17, 15) is 5.11 Å². The average molecular weight is 264 g/mol. The van der Waals surface area contributed by atoms with Crippen molar-refractivity contribution in [2.45, 2.75) is 25.0 Å². The fourth-order valence-electron chi connectivity index (χ4n) is 2.89. The molecule has 1 aliphatic carbocycles. The van der Waals surface area contributed by atoms with Gasteiger partial charge in [0.25, 0.3) is 0 Å². The number of ether oxygens (including phenoxy) is 2. The Labute approximate surface area is 113 Å². The van der Waals surface area contributed by atoms with Crippen LogP contribution in [0, 0.1) is 5.92 Å². The molecule has 0 spiro atoms. The summed E-state index contributed by atoms with van der Waals surface area (Å²) in [5, 5.41) is 10.3. The number of likely N-dealkylation sites (tertiary alicyclic amines) is 1. The van der Waals surface area contributed by atoms with Crippen LogP contribution < -0.4 is 9.47 Å². The highest BCUT2D eigenvalue weighted by Gasteiger charge is 2.51. The molecule has 2 heterocycles. The van der Waals surface area contributed by atoms with Crippen molar-refractivity contribution in [3.05, 3.63) is 18.0 Å². The summed E-state index contributed by atoms with van der Waals surface area (Å²) in [7, 11) is 3.25. The predicted octanol–water partition coefficient (Wildman–Crippen LogP) is 1.06. The van der Waals surface area contributed by atoms with Crippen LogP contribution in [0.15, 0.2) is 12.3 Å². The molecule has 0 bridgehead atoms. The summed E-state index contributed by atoms with van der Waals surface area (Å²) in [5.41, 5.74) is 0.409. The van der Waals surface area contributed by atoms with Gasteiger partial charge >= 0.3 is 0 Å². The molecule has 0 aromatic carbocycles. The van der Waals surface area contributed by atoms with E-state index in [0.29, 0.717) is 24.0 Å². The molecule has 0 radical (unpaired) electrons. The minimum absolute atomic E-state index is 0.452.